The molecule has 0 bridgehead atoms. The largest absolute Gasteiger partial charge is 0.229 e. The first kappa shape index (κ1) is 15.9. The molecule has 19 heavy (non-hydrogen) atoms. The topological polar surface area (TPSA) is 34.1 Å². The van der Waals surface area contributed by atoms with Gasteiger partial charge in [0.25, 0.3) is 0 Å². The number of sulfone groups is 1. The molecule has 1 aromatic heterocycles. The monoisotopic (exact) mass is 360 g/mol. The lowest BCUT2D eigenvalue weighted by Crippen LogP contribution is -2.37. The van der Waals surface area contributed by atoms with Crippen LogP contribution in [-0.4, -0.2) is 31.7 Å². The molecule has 7 heteroatoms. The van der Waals surface area contributed by atoms with Crippen LogP contribution in [0.15, 0.2) is 12.1 Å². The highest BCUT2D eigenvalue weighted by Crippen LogP contribution is 2.42. The van der Waals surface area contributed by atoms with Crippen LogP contribution >= 0.6 is 46.1 Å². The number of rotatable bonds is 5. The van der Waals surface area contributed by atoms with Crippen molar-refractivity contribution in [2.75, 3.05) is 23.3 Å². The highest BCUT2D eigenvalue weighted by molar-refractivity contribution is 7.91. The molecule has 0 radical (unpaired) electrons. The van der Waals surface area contributed by atoms with Crippen molar-refractivity contribution in [2.45, 2.75) is 12.8 Å². The van der Waals surface area contributed by atoms with Gasteiger partial charge in [-0.25, -0.2) is 8.42 Å². The summed E-state index contributed by atoms with van der Waals surface area (Å²) in [6.45, 7) is 0. The third-order valence-corrected chi connectivity index (χ3v) is 7.85. The molecule has 1 saturated heterocycles. The zero-order valence-electron chi connectivity index (χ0n) is 10.2. The Hall–Kier alpha value is 0.520. The maximum atomic E-state index is 11.7. The van der Waals surface area contributed by atoms with Gasteiger partial charge in [0, 0.05) is 22.1 Å². The Morgan fingerprint density at radius 3 is 2.42 bits per heavy atom. The molecule has 0 aliphatic carbocycles. The maximum Gasteiger partial charge on any atom is 0.150 e. The second kappa shape index (κ2) is 6.10. The molecule has 1 fully saturated rings. The molecule has 0 amide bonds. The van der Waals surface area contributed by atoms with Gasteiger partial charge >= 0.3 is 0 Å². The van der Waals surface area contributed by atoms with Crippen LogP contribution < -0.4 is 0 Å². The first-order valence-corrected chi connectivity index (χ1v) is 10.1. The SMILES string of the molecule is O=S1(=O)CCC(C(CCl)(CCl)Cc2ccc(Cl)s2)C1. The van der Waals surface area contributed by atoms with Crippen LogP contribution in [0.25, 0.3) is 0 Å². The average Bonchev–Trinajstić information content (AvgIpc) is 2.92. The van der Waals surface area contributed by atoms with Crippen molar-refractivity contribution in [3.05, 3.63) is 21.3 Å². The van der Waals surface area contributed by atoms with Gasteiger partial charge in [-0.15, -0.1) is 34.5 Å². The molecule has 108 valence electrons. The summed E-state index contributed by atoms with van der Waals surface area (Å²) in [4.78, 5) is 1.11. The van der Waals surface area contributed by atoms with E-state index in [1.165, 1.54) is 11.3 Å². The van der Waals surface area contributed by atoms with Crippen LogP contribution in [0.4, 0.5) is 0 Å². The van der Waals surface area contributed by atoms with Crippen LogP contribution in [0, 0.1) is 11.3 Å². The molecular formula is C12H15Cl3O2S2. The van der Waals surface area contributed by atoms with E-state index in [0.717, 1.165) is 9.21 Å². The summed E-state index contributed by atoms with van der Waals surface area (Å²) in [5, 5.41) is 0. The second-order valence-electron chi connectivity index (χ2n) is 5.11. The van der Waals surface area contributed by atoms with Crippen LogP contribution in [-0.2, 0) is 16.3 Å². The Kier molecular flexibility index (Phi) is 5.11. The summed E-state index contributed by atoms with van der Waals surface area (Å²) in [7, 11) is -2.93. The van der Waals surface area contributed by atoms with Gasteiger partial charge in [-0.3, -0.25) is 0 Å². The molecule has 1 aliphatic heterocycles. The third-order valence-electron chi connectivity index (χ3n) is 3.79. The van der Waals surface area contributed by atoms with Crippen LogP contribution in [0.1, 0.15) is 11.3 Å². The molecular weight excluding hydrogens is 347 g/mol. The van der Waals surface area contributed by atoms with Gasteiger partial charge < -0.3 is 0 Å². The predicted octanol–water partition coefficient (Wildman–Crippen LogP) is 3.84. The fraction of sp³-hybridized carbons (Fsp3) is 0.667. The van der Waals surface area contributed by atoms with E-state index in [-0.39, 0.29) is 22.8 Å². The summed E-state index contributed by atoms with van der Waals surface area (Å²) in [5.41, 5.74) is -0.360. The minimum absolute atomic E-state index is 0.0355. The van der Waals surface area contributed by atoms with E-state index in [0.29, 0.717) is 24.6 Å². The standard InChI is InChI=1S/C12H15Cl3O2S2/c13-7-12(8-14,5-10-1-2-11(15)18-10)9-3-4-19(16,17)6-9/h1-2,9H,3-8H2. The number of halogens is 3. The Morgan fingerprint density at radius 2 is 2.00 bits per heavy atom. The third kappa shape index (κ3) is 3.59. The van der Waals surface area contributed by atoms with Crippen molar-refractivity contribution in [3.8, 4) is 0 Å². The van der Waals surface area contributed by atoms with Gasteiger partial charge in [0.05, 0.1) is 15.8 Å². The predicted molar refractivity (Wildman–Crippen MR) is 83.7 cm³/mol. The molecule has 0 saturated carbocycles. The number of alkyl halides is 2. The van der Waals surface area contributed by atoms with Crippen LogP contribution in [0.5, 0.6) is 0 Å². The minimum atomic E-state index is -2.93. The lowest BCUT2D eigenvalue weighted by molar-refractivity contribution is 0.246. The van der Waals surface area contributed by atoms with Crippen molar-refractivity contribution in [1.82, 2.24) is 0 Å². The highest BCUT2D eigenvalue weighted by atomic mass is 35.5. The maximum absolute atomic E-state index is 11.7. The first-order valence-electron chi connectivity index (χ1n) is 5.97. The lowest BCUT2D eigenvalue weighted by atomic mass is 9.75. The summed E-state index contributed by atoms with van der Waals surface area (Å²) in [6.07, 6.45) is 1.35. The summed E-state index contributed by atoms with van der Waals surface area (Å²) >= 11 is 19.7. The first-order chi connectivity index (χ1) is 8.91. The smallest absolute Gasteiger partial charge is 0.150 e. The van der Waals surface area contributed by atoms with E-state index >= 15 is 0 Å². The van der Waals surface area contributed by atoms with Crippen molar-refractivity contribution >= 4 is 56.0 Å². The quantitative estimate of drug-likeness (QED) is 0.747. The second-order valence-corrected chi connectivity index (χ2v) is 9.68. The summed E-state index contributed by atoms with van der Waals surface area (Å²) in [5.74, 6) is 1.22. The van der Waals surface area contributed by atoms with E-state index in [1.807, 2.05) is 12.1 Å². The van der Waals surface area contributed by atoms with Crippen LogP contribution in [0.3, 0.4) is 0 Å². The van der Waals surface area contributed by atoms with Gasteiger partial charge in [0.15, 0.2) is 9.84 Å². The van der Waals surface area contributed by atoms with Crippen molar-refractivity contribution in [1.29, 1.82) is 0 Å². The molecule has 1 unspecified atom stereocenters. The van der Waals surface area contributed by atoms with Crippen LogP contribution in [0.2, 0.25) is 4.34 Å². The van der Waals surface area contributed by atoms with Crippen molar-refractivity contribution < 1.29 is 8.42 Å². The Bertz CT molecular complexity index is 535. The number of hydrogen-bond donors (Lipinski definition) is 0. The molecule has 1 atom stereocenters. The molecule has 2 rings (SSSR count). The average molecular weight is 362 g/mol. The Labute approximate surface area is 133 Å². The molecule has 0 aromatic carbocycles. The zero-order valence-corrected chi connectivity index (χ0v) is 14.1. The molecule has 1 aromatic rings. The summed E-state index contributed by atoms with van der Waals surface area (Å²) < 4.78 is 24.1. The molecule has 2 nitrogen and oxygen atoms in total. The van der Waals surface area contributed by atoms with Gasteiger partial charge in [-0.2, -0.15) is 0 Å². The molecule has 2 heterocycles. The Morgan fingerprint density at radius 1 is 1.32 bits per heavy atom. The molecule has 1 aliphatic rings. The van der Waals surface area contributed by atoms with E-state index in [4.69, 9.17) is 34.8 Å². The number of hydrogen-bond acceptors (Lipinski definition) is 3. The van der Waals surface area contributed by atoms with E-state index < -0.39 is 9.84 Å². The molecule has 0 N–H and O–H groups in total. The normalized spacial score (nSPS) is 22.8. The van der Waals surface area contributed by atoms with E-state index in [9.17, 15) is 8.42 Å². The van der Waals surface area contributed by atoms with Gasteiger partial charge in [-0.1, -0.05) is 11.6 Å². The van der Waals surface area contributed by atoms with E-state index in [1.54, 1.807) is 0 Å². The zero-order chi connectivity index (χ0) is 14.1. The summed E-state index contributed by atoms with van der Waals surface area (Å²) in [6, 6.07) is 3.81. The Balaban J connectivity index is 2.22. The molecule has 0 spiro atoms. The number of thiophene rings is 1. The fourth-order valence-electron chi connectivity index (χ4n) is 2.56. The minimum Gasteiger partial charge on any atom is -0.229 e. The van der Waals surface area contributed by atoms with Gasteiger partial charge in [0.2, 0.25) is 0 Å². The van der Waals surface area contributed by atoms with Gasteiger partial charge in [-0.05, 0) is 30.9 Å². The lowest BCUT2D eigenvalue weighted by Gasteiger charge is -2.35. The van der Waals surface area contributed by atoms with E-state index in [2.05, 4.69) is 0 Å². The highest BCUT2D eigenvalue weighted by Gasteiger charge is 2.44. The van der Waals surface area contributed by atoms with Gasteiger partial charge in [0.1, 0.15) is 0 Å². The van der Waals surface area contributed by atoms with Crippen molar-refractivity contribution in [2.24, 2.45) is 11.3 Å². The fourth-order valence-corrected chi connectivity index (χ4v) is 6.66. The van der Waals surface area contributed by atoms with Crippen molar-refractivity contribution in [3.63, 3.8) is 0 Å².